The second kappa shape index (κ2) is 7.05. The first-order valence-electron chi connectivity index (χ1n) is 7.81. The van der Waals surface area contributed by atoms with Gasteiger partial charge in [-0.1, -0.05) is 23.7 Å². The van der Waals surface area contributed by atoms with E-state index in [1.165, 1.54) is 0 Å². The number of aromatic nitrogens is 1. The second-order valence-electron chi connectivity index (χ2n) is 5.83. The lowest BCUT2D eigenvalue weighted by atomic mass is 10.1. The van der Waals surface area contributed by atoms with Crippen LogP contribution >= 0.6 is 11.6 Å². The molecule has 2 heterocycles. The predicted molar refractivity (Wildman–Crippen MR) is 89.2 cm³/mol. The van der Waals surface area contributed by atoms with Crippen molar-refractivity contribution in [3.05, 3.63) is 41.4 Å². The summed E-state index contributed by atoms with van der Waals surface area (Å²) in [7, 11) is 0. The van der Waals surface area contributed by atoms with Gasteiger partial charge in [0.15, 0.2) is 11.7 Å². The lowest BCUT2D eigenvalue weighted by molar-refractivity contribution is -0.130. The van der Waals surface area contributed by atoms with E-state index in [1.54, 1.807) is 17.2 Å². The Hall–Kier alpha value is -2.34. The van der Waals surface area contributed by atoms with Crippen molar-refractivity contribution in [2.24, 2.45) is 11.7 Å². The summed E-state index contributed by atoms with van der Waals surface area (Å²) in [6.07, 6.45) is 2.94. The Kier molecular flexibility index (Phi) is 4.85. The lowest BCUT2D eigenvalue weighted by Crippen LogP contribution is -2.31. The standard InChI is InChI=1S/C17H18ClN3O3/c18-13-4-2-1-3-12(13)14-9-20-15(24-14)5-6-16(22)21-8-7-11(10-21)17(19)23/h1-4,9,11H,5-8,10H2,(H2,19,23). The average Bonchev–Trinajstić information content (AvgIpc) is 3.22. The minimum absolute atomic E-state index is 0.0174. The Morgan fingerprint density at radius 2 is 2.17 bits per heavy atom. The summed E-state index contributed by atoms with van der Waals surface area (Å²) >= 11 is 6.13. The molecule has 1 saturated heterocycles. The average molecular weight is 348 g/mol. The monoisotopic (exact) mass is 347 g/mol. The van der Waals surface area contributed by atoms with Crippen LogP contribution in [0.1, 0.15) is 18.7 Å². The summed E-state index contributed by atoms with van der Waals surface area (Å²) in [6.45, 7) is 0.980. The van der Waals surface area contributed by atoms with Gasteiger partial charge >= 0.3 is 0 Å². The van der Waals surface area contributed by atoms with Gasteiger partial charge in [0.05, 0.1) is 17.1 Å². The van der Waals surface area contributed by atoms with Crippen molar-refractivity contribution in [2.75, 3.05) is 13.1 Å². The molecule has 2 aromatic rings. The van der Waals surface area contributed by atoms with E-state index < -0.39 is 0 Å². The van der Waals surface area contributed by atoms with E-state index in [1.807, 2.05) is 18.2 Å². The van der Waals surface area contributed by atoms with Gasteiger partial charge < -0.3 is 15.1 Å². The van der Waals surface area contributed by atoms with Crippen molar-refractivity contribution >= 4 is 23.4 Å². The van der Waals surface area contributed by atoms with E-state index in [0.29, 0.717) is 42.6 Å². The Labute approximate surface area is 144 Å². The number of nitrogens with two attached hydrogens (primary N) is 1. The number of carbonyl (C=O) groups excluding carboxylic acids is 2. The number of likely N-dealkylation sites (tertiary alicyclic amines) is 1. The third-order valence-electron chi connectivity index (χ3n) is 4.19. The van der Waals surface area contributed by atoms with Crippen LogP contribution in [-0.4, -0.2) is 34.8 Å². The molecule has 0 radical (unpaired) electrons. The quantitative estimate of drug-likeness (QED) is 0.898. The molecule has 1 aromatic carbocycles. The Morgan fingerprint density at radius 3 is 2.88 bits per heavy atom. The molecular formula is C17H18ClN3O3. The smallest absolute Gasteiger partial charge is 0.223 e. The number of hydrogen-bond acceptors (Lipinski definition) is 4. The molecule has 1 aliphatic heterocycles. The number of oxazole rings is 1. The van der Waals surface area contributed by atoms with Gasteiger partial charge in [0.2, 0.25) is 11.8 Å². The topological polar surface area (TPSA) is 89.4 Å². The van der Waals surface area contributed by atoms with Crippen molar-refractivity contribution in [1.82, 2.24) is 9.88 Å². The number of nitrogens with zero attached hydrogens (tertiary/aromatic N) is 2. The van der Waals surface area contributed by atoms with Crippen LogP contribution in [0.4, 0.5) is 0 Å². The molecule has 126 valence electrons. The maximum Gasteiger partial charge on any atom is 0.223 e. The number of rotatable bonds is 5. The molecule has 0 bridgehead atoms. The van der Waals surface area contributed by atoms with Crippen molar-refractivity contribution in [1.29, 1.82) is 0 Å². The lowest BCUT2D eigenvalue weighted by Gasteiger charge is -2.15. The van der Waals surface area contributed by atoms with Gasteiger partial charge in [-0.05, 0) is 18.6 Å². The third kappa shape index (κ3) is 3.59. The van der Waals surface area contributed by atoms with Crippen LogP contribution in [0, 0.1) is 5.92 Å². The van der Waals surface area contributed by atoms with Gasteiger partial charge in [0, 0.05) is 31.5 Å². The van der Waals surface area contributed by atoms with Crippen LogP contribution in [-0.2, 0) is 16.0 Å². The molecule has 1 aliphatic rings. The zero-order valence-corrected chi connectivity index (χ0v) is 13.8. The van der Waals surface area contributed by atoms with E-state index in [9.17, 15) is 9.59 Å². The first-order valence-corrected chi connectivity index (χ1v) is 8.19. The van der Waals surface area contributed by atoms with Crippen molar-refractivity contribution in [3.8, 4) is 11.3 Å². The third-order valence-corrected chi connectivity index (χ3v) is 4.52. The van der Waals surface area contributed by atoms with E-state index in [0.717, 1.165) is 5.56 Å². The number of benzene rings is 1. The number of aryl methyl sites for hydroxylation is 1. The fourth-order valence-corrected chi connectivity index (χ4v) is 3.03. The first kappa shape index (κ1) is 16.5. The molecule has 0 saturated carbocycles. The number of primary amides is 1. The molecule has 3 rings (SSSR count). The molecule has 1 atom stereocenters. The molecule has 2 N–H and O–H groups in total. The fourth-order valence-electron chi connectivity index (χ4n) is 2.80. The Bertz CT molecular complexity index is 759. The molecular weight excluding hydrogens is 330 g/mol. The molecule has 0 aliphatic carbocycles. The van der Waals surface area contributed by atoms with Crippen molar-refractivity contribution < 1.29 is 14.0 Å². The molecule has 1 aromatic heterocycles. The SMILES string of the molecule is NC(=O)C1CCN(C(=O)CCc2ncc(-c3ccccc3Cl)o2)C1. The maximum absolute atomic E-state index is 12.2. The van der Waals surface area contributed by atoms with Crippen LogP contribution in [0.5, 0.6) is 0 Å². The maximum atomic E-state index is 12.2. The van der Waals surface area contributed by atoms with E-state index >= 15 is 0 Å². The summed E-state index contributed by atoms with van der Waals surface area (Å²) in [5.41, 5.74) is 6.05. The van der Waals surface area contributed by atoms with Crippen molar-refractivity contribution in [2.45, 2.75) is 19.3 Å². The highest BCUT2D eigenvalue weighted by Gasteiger charge is 2.29. The van der Waals surface area contributed by atoms with Crippen LogP contribution in [0.3, 0.4) is 0 Å². The van der Waals surface area contributed by atoms with Crippen LogP contribution in [0.15, 0.2) is 34.9 Å². The Balaban J connectivity index is 1.57. The van der Waals surface area contributed by atoms with E-state index in [-0.39, 0.29) is 24.2 Å². The normalized spacial score (nSPS) is 17.2. The molecule has 6 nitrogen and oxygen atoms in total. The number of carbonyl (C=O) groups is 2. The molecule has 1 fully saturated rings. The van der Waals surface area contributed by atoms with Gasteiger partial charge in [0.1, 0.15) is 0 Å². The summed E-state index contributed by atoms with van der Waals surface area (Å²) in [6, 6.07) is 7.35. The van der Waals surface area contributed by atoms with E-state index in [4.69, 9.17) is 21.8 Å². The number of halogens is 1. The highest BCUT2D eigenvalue weighted by atomic mass is 35.5. The van der Waals surface area contributed by atoms with Crippen LogP contribution in [0.2, 0.25) is 5.02 Å². The van der Waals surface area contributed by atoms with E-state index in [2.05, 4.69) is 4.98 Å². The Morgan fingerprint density at radius 1 is 1.38 bits per heavy atom. The fraction of sp³-hybridized carbons (Fsp3) is 0.353. The zero-order chi connectivity index (χ0) is 17.1. The molecule has 2 amide bonds. The second-order valence-corrected chi connectivity index (χ2v) is 6.23. The molecule has 24 heavy (non-hydrogen) atoms. The number of hydrogen-bond donors (Lipinski definition) is 1. The largest absolute Gasteiger partial charge is 0.441 e. The summed E-state index contributed by atoms with van der Waals surface area (Å²) in [4.78, 5) is 29.2. The highest BCUT2D eigenvalue weighted by Crippen LogP contribution is 2.28. The zero-order valence-electron chi connectivity index (χ0n) is 13.1. The van der Waals surface area contributed by atoms with Gasteiger partial charge in [-0.3, -0.25) is 9.59 Å². The predicted octanol–water partition coefficient (Wildman–Crippen LogP) is 2.26. The highest BCUT2D eigenvalue weighted by molar-refractivity contribution is 6.33. The number of amides is 2. The van der Waals surface area contributed by atoms with Gasteiger partial charge in [-0.15, -0.1) is 0 Å². The van der Waals surface area contributed by atoms with Gasteiger partial charge in [-0.2, -0.15) is 0 Å². The van der Waals surface area contributed by atoms with Crippen molar-refractivity contribution in [3.63, 3.8) is 0 Å². The van der Waals surface area contributed by atoms with Crippen LogP contribution < -0.4 is 5.73 Å². The van der Waals surface area contributed by atoms with Gasteiger partial charge in [0.25, 0.3) is 0 Å². The molecule has 7 heteroatoms. The molecule has 1 unspecified atom stereocenters. The summed E-state index contributed by atoms with van der Waals surface area (Å²) in [5.74, 6) is 0.475. The minimum atomic E-state index is -0.345. The summed E-state index contributed by atoms with van der Waals surface area (Å²) < 4.78 is 5.68. The van der Waals surface area contributed by atoms with Crippen LogP contribution in [0.25, 0.3) is 11.3 Å². The first-order chi connectivity index (χ1) is 11.5. The van der Waals surface area contributed by atoms with Gasteiger partial charge in [-0.25, -0.2) is 4.98 Å². The molecule has 0 spiro atoms. The summed E-state index contributed by atoms with van der Waals surface area (Å²) in [5, 5.41) is 0.589. The minimum Gasteiger partial charge on any atom is -0.441 e.